The van der Waals surface area contributed by atoms with Crippen LogP contribution in [0.1, 0.15) is 57.6 Å². The Balaban J connectivity index is 1.27. The van der Waals surface area contributed by atoms with E-state index in [1.807, 2.05) is 24.4 Å². The maximum Gasteiger partial charge on any atom is 0.200 e. The topological polar surface area (TPSA) is 89.2 Å². The number of nitrogens with two attached hydrogens (primary N) is 1. The van der Waals surface area contributed by atoms with Crippen LogP contribution in [0.25, 0.3) is 22.3 Å². The van der Waals surface area contributed by atoms with Crippen LogP contribution in [0.5, 0.6) is 5.75 Å². The van der Waals surface area contributed by atoms with Gasteiger partial charge in [-0.05, 0) is 109 Å². The molecule has 4 heterocycles. The van der Waals surface area contributed by atoms with Crippen molar-refractivity contribution in [1.82, 2.24) is 15.0 Å². The van der Waals surface area contributed by atoms with Crippen molar-refractivity contribution in [2.24, 2.45) is 16.8 Å². The smallest absolute Gasteiger partial charge is 0.200 e. The van der Waals surface area contributed by atoms with E-state index in [4.69, 9.17) is 15.5 Å². The largest absolute Gasteiger partial charge is 0.493 e. The minimum atomic E-state index is -0.206. The van der Waals surface area contributed by atoms with Crippen molar-refractivity contribution in [2.75, 3.05) is 12.3 Å². The maximum absolute atomic E-state index is 13.6. The molecule has 4 aromatic rings. The number of halogens is 1. The van der Waals surface area contributed by atoms with Gasteiger partial charge in [-0.25, -0.2) is 9.37 Å². The number of imidazole rings is 1. The van der Waals surface area contributed by atoms with Crippen LogP contribution in [0, 0.1) is 17.7 Å². The van der Waals surface area contributed by atoms with Crippen molar-refractivity contribution in [3.05, 3.63) is 94.1 Å². The number of allylic oxidation sites excluding steroid dienone is 4. The first-order valence-corrected chi connectivity index (χ1v) is 14.9. The summed E-state index contributed by atoms with van der Waals surface area (Å²) in [5.41, 5.74) is 17.0. The van der Waals surface area contributed by atoms with Crippen molar-refractivity contribution in [3.8, 4) is 16.9 Å². The number of nitrogen functional groups attached to an aromatic ring is 1. The third-order valence-corrected chi connectivity index (χ3v) is 8.88. The van der Waals surface area contributed by atoms with Crippen LogP contribution in [0.3, 0.4) is 0 Å². The number of H-pyrrole nitrogens is 1. The van der Waals surface area contributed by atoms with Crippen LogP contribution in [-0.4, -0.2) is 27.8 Å². The zero-order chi connectivity index (χ0) is 29.2. The van der Waals surface area contributed by atoms with Gasteiger partial charge in [-0.2, -0.15) is 4.98 Å². The number of aromatic nitrogens is 3. The first-order chi connectivity index (χ1) is 20.4. The average molecular weight is 564 g/mol. The molecular formula is C35H38FN5O. The van der Waals surface area contributed by atoms with E-state index in [2.05, 4.69) is 60.1 Å². The number of aromatic amines is 1. The fourth-order valence-corrected chi connectivity index (χ4v) is 6.41. The van der Waals surface area contributed by atoms with Gasteiger partial charge in [0.15, 0.2) is 11.6 Å². The molecule has 6 rings (SSSR count). The molecule has 42 heavy (non-hydrogen) atoms. The maximum atomic E-state index is 13.6. The summed E-state index contributed by atoms with van der Waals surface area (Å²) < 4.78 is 20.0. The third-order valence-electron chi connectivity index (χ3n) is 8.88. The van der Waals surface area contributed by atoms with E-state index in [0.29, 0.717) is 30.0 Å². The third kappa shape index (κ3) is 5.87. The summed E-state index contributed by atoms with van der Waals surface area (Å²) in [6, 6.07) is 15.4. The van der Waals surface area contributed by atoms with E-state index in [1.54, 1.807) is 12.1 Å². The van der Waals surface area contributed by atoms with E-state index in [1.165, 1.54) is 22.3 Å². The molecule has 0 fully saturated rings. The molecule has 216 valence electrons. The van der Waals surface area contributed by atoms with Gasteiger partial charge in [0.25, 0.3) is 0 Å². The zero-order valence-corrected chi connectivity index (χ0v) is 24.6. The Bertz CT molecular complexity index is 1700. The minimum Gasteiger partial charge on any atom is -0.493 e. The average Bonchev–Trinajstić information content (AvgIpc) is 3.29. The Morgan fingerprint density at radius 1 is 1.07 bits per heavy atom. The van der Waals surface area contributed by atoms with Crippen molar-refractivity contribution in [3.63, 3.8) is 0 Å². The van der Waals surface area contributed by atoms with Crippen LogP contribution in [0.2, 0.25) is 0 Å². The molecule has 0 radical (unpaired) electrons. The summed E-state index contributed by atoms with van der Waals surface area (Å²) in [6.07, 6.45) is 9.44. The summed E-state index contributed by atoms with van der Waals surface area (Å²) in [6.45, 7) is 7.42. The number of ether oxygens (including phenoxy) is 1. The van der Waals surface area contributed by atoms with Gasteiger partial charge in [-0.1, -0.05) is 37.6 Å². The lowest BCUT2D eigenvalue weighted by Gasteiger charge is -2.30. The Morgan fingerprint density at radius 3 is 2.71 bits per heavy atom. The highest BCUT2D eigenvalue weighted by Crippen LogP contribution is 2.39. The van der Waals surface area contributed by atoms with Gasteiger partial charge in [0.2, 0.25) is 0 Å². The number of rotatable bonds is 6. The minimum absolute atomic E-state index is 0.206. The number of hydrogen-bond donors (Lipinski definition) is 2. The Labute approximate surface area is 246 Å². The van der Waals surface area contributed by atoms with E-state index < -0.39 is 0 Å². The van der Waals surface area contributed by atoms with Crippen LogP contribution >= 0.6 is 0 Å². The van der Waals surface area contributed by atoms with Crippen molar-refractivity contribution < 1.29 is 9.13 Å². The van der Waals surface area contributed by atoms with Crippen LogP contribution < -0.4 is 10.5 Å². The van der Waals surface area contributed by atoms with Gasteiger partial charge in [0, 0.05) is 30.1 Å². The molecule has 2 unspecified atom stereocenters. The van der Waals surface area contributed by atoms with Crippen LogP contribution in [0.15, 0.2) is 82.1 Å². The number of nitrogens with zero attached hydrogens (tertiary/aromatic N) is 3. The van der Waals surface area contributed by atoms with Crippen LogP contribution in [-0.2, 0) is 12.8 Å². The molecule has 6 nitrogen and oxygen atoms in total. The number of hydrogen-bond acceptors (Lipinski definition) is 5. The summed E-state index contributed by atoms with van der Waals surface area (Å²) in [5, 5.41) is 0. The second-order valence-electron chi connectivity index (χ2n) is 11.6. The highest BCUT2D eigenvalue weighted by Gasteiger charge is 2.27. The van der Waals surface area contributed by atoms with Crippen LogP contribution in [0.4, 0.5) is 10.3 Å². The molecule has 0 amide bonds. The summed E-state index contributed by atoms with van der Waals surface area (Å²) >= 11 is 0. The Hall–Kier alpha value is -4.26. The number of benzene rings is 2. The molecule has 2 aromatic heterocycles. The van der Waals surface area contributed by atoms with Crippen molar-refractivity contribution in [2.45, 2.75) is 59.3 Å². The monoisotopic (exact) mass is 563 g/mol. The number of aliphatic imine (C=N–C) groups is 1. The van der Waals surface area contributed by atoms with E-state index in [-0.39, 0.29) is 5.82 Å². The second-order valence-corrected chi connectivity index (χ2v) is 11.6. The SMILES string of the molecule is CCC1=C(CC2CCOc3ccc(-c4cnc5nc(N)[nH]c5c4)cc3CC2C)C(Cc2ccc(F)cc2)=C(C)N=CC1. The predicted octanol–water partition coefficient (Wildman–Crippen LogP) is 8.01. The fourth-order valence-electron chi connectivity index (χ4n) is 6.41. The van der Waals surface area contributed by atoms with Gasteiger partial charge < -0.3 is 15.5 Å². The summed E-state index contributed by atoms with van der Waals surface area (Å²) in [5.74, 6) is 2.04. The molecule has 0 spiro atoms. The molecule has 0 aliphatic carbocycles. The van der Waals surface area contributed by atoms with E-state index >= 15 is 0 Å². The summed E-state index contributed by atoms with van der Waals surface area (Å²) in [7, 11) is 0. The fraction of sp³-hybridized carbons (Fsp3) is 0.343. The normalized spacial score (nSPS) is 19.3. The van der Waals surface area contributed by atoms with Gasteiger partial charge in [-0.3, -0.25) is 4.99 Å². The molecule has 0 saturated heterocycles. The Morgan fingerprint density at radius 2 is 1.90 bits per heavy atom. The standard InChI is InChI=1S/C35H38FN5O/c1-4-24-11-13-38-22(3)30(16-23-5-8-29(36)9-6-23)31(24)18-25-12-14-42-33-10-7-26(17-27(33)15-21(25)2)28-19-32-34(39-20-28)41-35(37)40-32/h5-10,13,17,19-21,25H,4,11-12,14-16,18H2,1-3H3,(H3,37,39,40,41). The molecule has 3 N–H and O–H groups in total. The van der Waals surface area contributed by atoms with Gasteiger partial charge in [-0.15, -0.1) is 0 Å². The molecule has 0 bridgehead atoms. The molecule has 2 aliphatic rings. The Kier molecular flexibility index (Phi) is 7.92. The molecule has 0 saturated carbocycles. The molecule has 2 aromatic carbocycles. The molecule has 2 aliphatic heterocycles. The molecule has 7 heteroatoms. The predicted molar refractivity (Wildman–Crippen MR) is 168 cm³/mol. The zero-order valence-electron chi connectivity index (χ0n) is 24.6. The van der Waals surface area contributed by atoms with Gasteiger partial charge in [0.1, 0.15) is 11.6 Å². The number of pyridine rings is 1. The molecular weight excluding hydrogens is 525 g/mol. The number of anilines is 1. The highest BCUT2D eigenvalue weighted by atomic mass is 19.1. The van der Waals surface area contributed by atoms with Gasteiger partial charge >= 0.3 is 0 Å². The van der Waals surface area contributed by atoms with Crippen molar-refractivity contribution in [1.29, 1.82) is 0 Å². The quantitative estimate of drug-likeness (QED) is 0.249. The van der Waals surface area contributed by atoms with E-state index in [0.717, 1.165) is 72.2 Å². The lowest BCUT2D eigenvalue weighted by atomic mass is 9.77. The lowest BCUT2D eigenvalue weighted by molar-refractivity contribution is 0.221. The van der Waals surface area contributed by atoms with Crippen molar-refractivity contribution >= 4 is 23.3 Å². The number of nitrogens with one attached hydrogen (secondary N) is 1. The number of fused-ring (bicyclic) bond motifs is 2. The first kappa shape index (κ1) is 27.9. The lowest BCUT2D eigenvalue weighted by Crippen LogP contribution is -2.22. The first-order valence-electron chi connectivity index (χ1n) is 14.9. The second kappa shape index (κ2) is 11.9. The van der Waals surface area contributed by atoms with Gasteiger partial charge in [0.05, 0.1) is 12.1 Å². The molecule has 2 atom stereocenters. The van der Waals surface area contributed by atoms with E-state index in [9.17, 15) is 4.39 Å². The summed E-state index contributed by atoms with van der Waals surface area (Å²) in [4.78, 5) is 16.6. The highest BCUT2D eigenvalue weighted by molar-refractivity contribution is 5.79.